The van der Waals surface area contributed by atoms with E-state index in [2.05, 4.69) is 26.0 Å². The molecule has 1 aliphatic rings. The van der Waals surface area contributed by atoms with E-state index in [0.717, 1.165) is 24.8 Å². The highest BCUT2D eigenvalue weighted by Gasteiger charge is 2.20. The first-order valence-electron chi connectivity index (χ1n) is 8.30. The maximum Gasteiger partial charge on any atom is 0.165 e. The summed E-state index contributed by atoms with van der Waals surface area (Å²) in [6.07, 6.45) is 9.65. The second kappa shape index (κ2) is 7.61. The molecule has 1 saturated carbocycles. The summed E-state index contributed by atoms with van der Waals surface area (Å²) < 4.78 is 0. The van der Waals surface area contributed by atoms with Gasteiger partial charge in [-0.05, 0) is 36.8 Å². The normalized spacial score (nSPS) is 17.8. The van der Waals surface area contributed by atoms with Crippen LogP contribution in [0.4, 0.5) is 0 Å². The molecule has 0 radical (unpaired) electrons. The Kier molecular flexibility index (Phi) is 5.82. The molecule has 1 nitrogen and oxygen atoms in total. The van der Waals surface area contributed by atoms with Gasteiger partial charge in [-0.3, -0.25) is 4.79 Å². The standard InChI is InChI=1S/C19H28O/c1-15(2)13-16-9-8-12-18(14-16)19(20)17-10-6-4-3-5-7-11-17/h8-9,12,14-15,17H,3-7,10-11,13H2,1-2H3. The van der Waals surface area contributed by atoms with Crippen LogP contribution in [-0.4, -0.2) is 5.78 Å². The minimum Gasteiger partial charge on any atom is -0.294 e. The number of hydrogen-bond donors (Lipinski definition) is 0. The predicted molar refractivity (Wildman–Crippen MR) is 85.1 cm³/mol. The van der Waals surface area contributed by atoms with E-state index in [1.165, 1.54) is 37.7 Å². The second-order valence-electron chi connectivity index (χ2n) is 6.70. The van der Waals surface area contributed by atoms with Crippen LogP contribution in [0, 0.1) is 11.8 Å². The van der Waals surface area contributed by atoms with Crippen molar-refractivity contribution in [2.75, 3.05) is 0 Å². The smallest absolute Gasteiger partial charge is 0.165 e. The van der Waals surface area contributed by atoms with Gasteiger partial charge in [0.05, 0.1) is 0 Å². The Bertz CT molecular complexity index is 425. The van der Waals surface area contributed by atoms with Gasteiger partial charge in [0.15, 0.2) is 5.78 Å². The number of rotatable bonds is 4. The van der Waals surface area contributed by atoms with Crippen molar-refractivity contribution in [3.8, 4) is 0 Å². The van der Waals surface area contributed by atoms with Crippen molar-refractivity contribution in [3.63, 3.8) is 0 Å². The lowest BCUT2D eigenvalue weighted by atomic mass is 9.85. The predicted octanol–water partition coefficient (Wildman–Crippen LogP) is 5.43. The number of benzene rings is 1. The highest BCUT2D eigenvalue weighted by molar-refractivity contribution is 5.98. The first-order chi connectivity index (χ1) is 9.66. The fraction of sp³-hybridized carbons (Fsp3) is 0.632. The largest absolute Gasteiger partial charge is 0.294 e. The Labute approximate surface area is 123 Å². The van der Waals surface area contributed by atoms with Crippen LogP contribution in [0.3, 0.4) is 0 Å². The van der Waals surface area contributed by atoms with Gasteiger partial charge in [-0.15, -0.1) is 0 Å². The van der Waals surface area contributed by atoms with E-state index in [0.29, 0.717) is 11.7 Å². The van der Waals surface area contributed by atoms with Crippen LogP contribution in [-0.2, 0) is 6.42 Å². The number of carbonyl (C=O) groups is 1. The van der Waals surface area contributed by atoms with Crippen LogP contribution in [0.25, 0.3) is 0 Å². The third-order valence-corrected chi connectivity index (χ3v) is 4.33. The molecule has 2 rings (SSSR count). The average molecular weight is 272 g/mol. The molecule has 0 saturated heterocycles. The molecule has 0 spiro atoms. The lowest BCUT2D eigenvalue weighted by Gasteiger charge is -2.19. The van der Waals surface area contributed by atoms with Gasteiger partial charge in [-0.1, -0.05) is 64.2 Å². The van der Waals surface area contributed by atoms with Crippen molar-refractivity contribution in [1.29, 1.82) is 0 Å². The molecule has 1 aromatic carbocycles. The zero-order chi connectivity index (χ0) is 14.4. The van der Waals surface area contributed by atoms with Gasteiger partial charge >= 0.3 is 0 Å². The summed E-state index contributed by atoms with van der Waals surface area (Å²) in [5.41, 5.74) is 2.24. The number of Topliss-reactive ketones (excluding diaryl/α,β-unsaturated/α-hetero) is 1. The van der Waals surface area contributed by atoms with Gasteiger partial charge in [-0.25, -0.2) is 0 Å². The lowest BCUT2D eigenvalue weighted by Crippen LogP contribution is -2.16. The first kappa shape index (κ1) is 15.3. The molecule has 0 bridgehead atoms. The van der Waals surface area contributed by atoms with Crippen molar-refractivity contribution in [2.24, 2.45) is 11.8 Å². The average Bonchev–Trinajstić information content (AvgIpc) is 2.37. The second-order valence-corrected chi connectivity index (χ2v) is 6.70. The topological polar surface area (TPSA) is 17.1 Å². The Morgan fingerprint density at radius 2 is 1.75 bits per heavy atom. The van der Waals surface area contributed by atoms with Crippen molar-refractivity contribution in [1.82, 2.24) is 0 Å². The number of ketones is 1. The summed E-state index contributed by atoms with van der Waals surface area (Å²) in [6, 6.07) is 8.33. The van der Waals surface area contributed by atoms with Crippen molar-refractivity contribution in [3.05, 3.63) is 35.4 Å². The van der Waals surface area contributed by atoms with E-state index < -0.39 is 0 Å². The summed E-state index contributed by atoms with van der Waals surface area (Å²) in [7, 11) is 0. The number of hydrogen-bond acceptors (Lipinski definition) is 1. The van der Waals surface area contributed by atoms with E-state index >= 15 is 0 Å². The molecule has 0 unspecified atom stereocenters. The van der Waals surface area contributed by atoms with Crippen LogP contribution >= 0.6 is 0 Å². The van der Waals surface area contributed by atoms with E-state index in [1.54, 1.807) is 0 Å². The Balaban J connectivity index is 2.06. The minimum atomic E-state index is 0.268. The van der Waals surface area contributed by atoms with E-state index in [9.17, 15) is 4.79 Å². The Hall–Kier alpha value is -1.11. The van der Waals surface area contributed by atoms with Crippen molar-refractivity contribution < 1.29 is 4.79 Å². The minimum absolute atomic E-state index is 0.268. The summed E-state index contributed by atoms with van der Waals surface area (Å²) >= 11 is 0. The molecular weight excluding hydrogens is 244 g/mol. The zero-order valence-electron chi connectivity index (χ0n) is 13.0. The van der Waals surface area contributed by atoms with Crippen molar-refractivity contribution in [2.45, 2.75) is 65.2 Å². The van der Waals surface area contributed by atoms with Crippen LogP contribution in [0.15, 0.2) is 24.3 Å². The van der Waals surface area contributed by atoms with Gasteiger partial charge < -0.3 is 0 Å². The van der Waals surface area contributed by atoms with Crippen LogP contribution in [0.5, 0.6) is 0 Å². The van der Waals surface area contributed by atoms with Gasteiger partial charge in [-0.2, -0.15) is 0 Å². The molecule has 1 aliphatic carbocycles. The summed E-state index contributed by atoms with van der Waals surface area (Å²) in [5.74, 6) is 1.30. The first-order valence-corrected chi connectivity index (χ1v) is 8.30. The highest BCUT2D eigenvalue weighted by Crippen LogP contribution is 2.26. The molecule has 0 atom stereocenters. The SMILES string of the molecule is CC(C)Cc1cccc(C(=O)C2CCCCCCC2)c1. The zero-order valence-corrected chi connectivity index (χ0v) is 13.0. The van der Waals surface area contributed by atoms with Gasteiger partial charge in [0.2, 0.25) is 0 Å². The maximum atomic E-state index is 12.7. The Morgan fingerprint density at radius 3 is 2.40 bits per heavy atom. The van der Waals surface area contributed by atoms with Crippen LogP contribution < -0.4 is 0 Å². The van der Waals surface area contributed by atoms with Crippen molar-refractivity contribution >= 4 is 5.78 Å². The van der Waals surface area contributed by atoms with Crippen LogP contribution in [0.2, 0.25) is 0 Å². The fourth-order valence-corrected chi connectivity index (χ4v) is 3.28. The lowest BCUT2D eigenvalue weighted by molar-refractivity contribution is 0.0898. The summed E-state index contributed by atoms with van der Waals surface area (Å²) in [4.78, 5) is 12.7. The van der Waals surface area contributed by atoms with Crippen LogP contribution in [0.1, 0.15) is 74.7 Å². The summed E-state index contributed by atoms with van der Waals surface area (Å²) in [5, 5.41) is 0. The fourth-order valence-electron chi connectivity index (χ4n) is 3.28. The maximum absolute atomic E-state index is 12.7. The van der Waals surface area contributed by atoms with E-state index in [1.807, 2.05) is 12.1 Å². The quantitative estimate of drug-likeness (QED) is 0.668. The molecule has 0 amide bonds. The molecule has 0 aromatic heterocycles. The van der Waals surface area contributed by atoms with E-state index in [-0.39, 0.29) is 5.92 Å². The molecule has 1 fully saturated rings. The Morgan fingerprint density at radius 1 is 1.10 bits per heavy atom. The molecule has 1 heteroatoms. The molecule has 20 heavy (non-hydrogen) atoms. The third kappa shape index (κ3) is 4.47. The van der Waals surface area contributed by atoms with E-state index in [4.69, 9.17) is 0 Å². The summed E-state index contributed by atoms with van der Waals surface area (Å²) in [6.45, 7) is 4.45. The van der Waals surface area contributed by atoms with Gasteiger partial charge in [0, 0.05) is 11.5 Å². The monoisotopic (exact) mass is 272 g/mol. The van der Waals surface area contributed by atoms with Gasteiger partial charge in [0.1, 0.15) is 0 Å². The molecule has 0 N–H and O–H groups in total. The van der Waals surface area contributed by atoms with Gasteiger partial charge in [0.25, 0.3) is 0 Å². The molecule has 1 aromatic rings. The molecule has 110 valence electrons. The molecule has 0 heterocycles. The highest BCUT2D eigenvalue weighted by atomic mass is 16.1. The third-order valence-electron chi connectivity index (χ3n) is 4.33. The molecule has 0 aliphatic heterocycles. The number of carbonyl (C=O) groups excluding carboxylic acids is 1. The molecular formula is C19H28O.